The van der Waals surface area contributed by atoms with Crippen LogP contribution in [0.15, 0.2) is 60.7 Å². The first kappa shape index (κ1) is 25.3. The average Bonchev–Trinajstić information content (AvgIpc) is 3.40. The molecule has 1 aliphatic heterocycles. The smallest absolute Gasteiger partial charge is 0.279 e. The molecule has 2 N–H and O–H groups in total. The van der Waals surface area contributed by atoms with Gasteiger partial charge in [-0.2, -0.15) is 0 Å². The second-order valence-corrected chi connectivity index (χ2v) is 10.3. The van der Waals surface area contributed by atoms with Crippen molar-refractivity contribution in [3.63, 3.8) is 0 Å². The first-order chi connectivity index (χ1) is 17.7. The number of ether oxygens (including phenoxy) is 1. The van der Waals surface area contributed by atoms with E-state index in [1.165, 1.54) is 0 Å². The lowest BCUT2D eigenvalue weighted by Crippen LogP contribution is -2.31. The Kier molecular flexibility index (Phi) is 6.75. The Hall–Kier alpha value is -3.32. The quantitative estimate of drug-likeness (QED) is 0.290. The number of fused-ring (bicyclic) bond motifs is 1. The maximum atomic E-state index is 14.1. The standard InChI is InChI=1S/C29H28Cl2N4O2/c1-16(2)34-27-25(33-28(34)22-12-6-18(15-32)13-24(22)37-4)29(36)35(23-14-21(31)9-5-17(23)3)26(27)19-7-10-20(30)11-8-19/h5-14,16,26H,15,32H2,1-4H3. The Morgan fingerprint density at radius 3 is 2.38 bits per heavy atom. The van der Waals surface area contributed by atoms with E-state index in [2.05, 4.69) is 18.4 Å². The molecule has 0 saturated heterocycles. The van der Waals surface area contributed by atoms with Gasteiger partial charge in [0.2, 0.25) is 0 Å². The van der Waals surface area contributed by atoms with E-state index >= 15 is 0 Å². The van der Waals surface area contributed by atoms with Crippen LogP contribution < -0.4 is 15.4 Å². The summed E-state index contributed by atoms with van der Waals surface area (Å²) in [5.41, 5.74) is 11.5. The number of carbonyl (C=O) groups excluding carboxylic acids is 1. The average molecular weight is 535 g/mol. The highest BCUT2D eigenvalue weighted by molar-refractivity contribution is 6.31. The van der Waals surface area contributed by atoms with E-state index in [1.807, 2.05) is 67.6 Å². The van der Waals surface area contributed by atoms with Gasteiger partial charge in [-0.25, -0.2) is 4.98 Å². The predicted octanol–water partition coefficient (Wildman–Crippen LogP) is 6.96. The summed E-state index contributed by atoms with van der Waals surface area (Å²) in [6.45, 7) is 6.54. The number of hydrogen-bond donors (Lipinski definition) is 1. The SMILES string of the molecule is COc1cc(CN)ccc1-c1nc2c(n1C(C)C)C(c1ccc(Cl)cc1)N(c1cc(Cl)ccc1C)C2=O. The minimum absolute atomic E-state index is 0.00755. The van der Waals surface area contributed by atoms with Crippen molar-refractivity contribution in [3.8, 4) is 17.1 Å². The van der Waals surface area contributed by atoms with Crippen LogP contribution in [0.1, 0.15) is 58.8 Å². The number of halogens is 2. The van der Waals surface area contributed by atoms with Gasteiger partial charge in [0.1, 0.15) is 17.6 Å². The molecule has 2 heterocycles. The van der Waals surface area contributed by atoms with Crippen molar-refractivity contribution in [3.05, 3.63) is 98.8 Å². The van der Waals surface area contributed by atoms with Gasteiger partial charge in [0.25, 0.3) is 5.91 Å². The second-order valence-electron chi connectivity index (χ2n) is 9.43. The third kappa shape index (κ3) is 4.29. The largest absolute Gasteiger partial charge is 0.496 e. The molecule has 190 valence electrons. The van der Waals surface area contributed by atoms with Crippen LogP contribution in [0.5, 0.6) is 5.75 Å². The van der Waals surface area contributed by atoms with Crippen LogP contribution in [0.4, 0.5) is 5.69 Å². The van der Waals surface area contributed by atoms with Crippen molar-refractivity contribution in [1.82, 2.24) is 9.55 Å². The summed E-state index contributed by atoms with van der Waals surface area (Å²) in [6.07, 6.45) is 0. The summed E-state index contributed by atoms with van der Waals surface area (Å²) >= 11 is 12.6. The second kappa shape index (κ2) is 9.86. The number of anilines is 1. The molecule has 1 aromatic heterocycles. The van der Waals surface area contributed by atoms with E-state index in [9.17, 15) is 4.79 Å². The van der Waals surface area contributed by atoms with Crippen LogP contribution in [0.25, 0.3) is 11.4 Å². The summed E-state index contributed by atoms with van der Waals surface area (Å²) in [5.74, 6) is 1.15. The topological polar surface area (TPSA) is 73.4 Å². The Balaban J connectivity index is 1.79. The van der Waals surface area contributed by atoms with Gasteiger partial charge >= 0.3 is 0 Å². The van der Waals surface area contributed by atoms with Crippen LogP contribution in [-0.2, 0) is 6.54 Å². The normalized spacial score (nSPS) is 15.0. The van der Waals surface area contributed by atoms with E-state index in [0.717, 1.165) is 33.6 Å². The molecular formula is C29H28Cl2N4O2. The van der Waals surface area contributed by atoms with Crippen LogP contribution >= 0.6 is 23.2 Å². The number of imidazole rings is 1. The number of hydrogen-bond acceptors (Lipinski definition) is 4. The monoisotopic (exact) mass is 534 g/mol. The fraction of sp³-hybridized carbons (Fsp3) is 0.241. The van der Waals surface area contributed by atoms with Gasteiger partial charge in [-0.15, -0.1) is 0 Å². The minimum Gasteiger partial charge on any atom is -0.496 e. The number of aromatic nitrogens is 2. The highest BCUT2D eigenvalue weighted by atomic mass is 35.5. The first-order valence-electron chi connectivity index (χ1n) is 12.1. The molecule has 0 spiro atoms. The van der Waals surface area contributed by atoms with Gasteiger partial charge in [0.05, 0.1) is 18.4 Å². The van der Waals surface area contributed by atoms with Gasteiger partial charge in [-0.05, 0) is 73.9 Å². The third-order valence-corrected chi connectivity index (χ3v) is 7.25. The number of rotatable bonds is 6. The van der Waals surface area contributed by atoms with E-state index in [4.69, 9.17) is 38.7 Å². The zero-order valence-corrected chi connectivity index (χ0v) is 22.6. The zero-order chi connectivity index (χ0) is 26.4. The molecule has 0 fully saturated rings. The summed E-state index contributed by atoms with van der Waals surface area (Å²) in [7, 11) is 1.63. The molecule has 1 amide bonds. The number of nitrogens with two attached hydrogens (primary N) is 1. The molecule has 8 heteroatoms. The van der Waals surface area contributed by atoms with E-state index in [-0.39, 0.29) is 11.9 Å². The summed E-state index contributed by atoms with van der Waals surface area (Å²) in [4.78, 5) is 20.9. The molecule has 1 aliphatic rings. The highest BCUT2D eigenvalue weighted by Crippen LogP contribution is 2.46. The van der Waals surface area contributed by atoms with Crippen LogP contribution in [0, 0.1) is 6.92 Å². The number of benzene rings is 3. The summed E-state index contributed by atoms with van der Waals surface area (Å²) in [5, 5.41) is 1.19. The molecule has 1 unspecified atom stereocenters. The zero-order valence-electron chi connectivity index (χ0n) is 21.1. The fourth-order valence-corrected chi connectivity index (χ4v) is 5.31. The van der Waals surface area contributed by atoms with Gasteiger partial charge < -0.3 is 15.0 Å². The van der Waals surface area contributed by atoms with Gasteiger partial charge in [-0.1, -0.05) is 47.5 Å². The molecule has 0 aliphatic carbocycles. The Bertz CT molecular complexity index is 1490. The number of carbonyl (C=O) groups is 1. The van der Waals surface area contributed by atoms with Crippen molar-refractivity contribution in [2.45, 2.75) is 39.4 Å². The van der Waals surface area contributed by atoms with Crippen LogP contribution in [0.3, 0.4) is 0 Å². The van der Waals surface area contributed by atoms with Crippen molar-refractivity contribution in [1.29, 1.82) is 0 Å². The van der Waals surface area contributed by atoms with Crippen molar-refractivity contribution in [2.24, 2.45) is 5.73 Å². The van der Waals surface area contributed by atoms with Crippen molar-refractivity contribution < 1.29 is 9.53 Å². The predicted molar refractivity (Wildman–Crippen MR) is 149 cm³/mol. The number of nitrogens with zero attached hydrogens (tertiary/aromatic N) is 3. The summed E-state index contributed by atoms with van der Waals surface area (Å²) < 4.78 is 7.85. The van der Waals surface area contributed by atoms with Crippen molar-refractivity contribution >= 4 is 34.8 Å². The first-order valence-corrected chi connectivity index (χ1v) is 12.8. The molecule has 0 bridgehead atoms. The number of methoxy groups -OCH3 is 1. The van der Waals surface area contributed by atoms with Crippen LogP contribution in [0.2, 0.25) is 10.0 Å². The lowest BCUT2D eigenvalue weighted by atomic mass is 10.0. The maximum Gasteiger partial charge on any atom is 0.279 e. The van der Waals surface area contributed by atoms with E-state index < -0.39 is 6.04 Å². The molecular weight excluding hydrogens is 507 g/mol. The third-order valence-electron chi connectivity index (χ3n) is 6.76. The van der Waals surface area contributed by atoms with E-state index in [1.54, 1.807) is 12.0 Å². The molecule has 6 nitrogen and oxygen atoms in total. The van der Waals surface area contributed by atoms with Crippen LogP contribution in [-0.4, -0.2) is 22.6 Å². The molecule has 3 aromatic carbocycles. The van der Waals surface area contributed by atoms with Gasteiger partial charge in [0, 0.05) is 28.3 Å². The minimum atomic E-state index is -0.421. The Morgan fingerprint density at radius 1 is 1.03 bits per heavy atom. The van der Waals surface area contributed by atoms with E-state index in [0.29, 0.717) is 33.9 Å². The lowest BCUT2D eigenvalue weighted by Gasteiger charge is -2.29. The fourth-order valence-electron chi connectivity index (χ4n) is 5.02. The summed E-state index contributed by atoms with van der Waals surface area (Å²) in [6, 6.07) is 18.6. The molecule has 4 aromatic rings. The van der Waals surface area contributed by atoms with Crippen molar-refractivity contribution in [2.75, 3.05) is 12.0 Å². The Morgan fingerprint density at radius 2 is 1.73 bits per heavy atom. The van der Waals surface area contributed by atoms with Gasteiger partial charge in [-0.3, -0.25) is 9.69 Å². The molecule has 1 atom stereocenters. The highest BCUT2D eigenvalue weighted by Gasteiger charge is 2.45. The molecule has 37 heavy (non-hydrogen) atoms. The molecule has 0 saturated carbocycles. The number of amides is 1. The Labute approximate surface area is 226 Å². The molecule has 5 rings (SSSR count). The maximum absolute atomic E-state index is 14.1. The number of aryl methyl sites for hydroxylation is 1. The lowest BCUT2D eigenvalue weighted by molar-refractivity contribution is 0.0989. The van der Waals surface area contributed by atoms with Gasteiger partial charge in [0.15, 0.2) is 5.69 Å². The molecule has 0 radical (unpaired) electrons.